The van der Waals surface area contributed by atoms with Crippen molar-refractivity contribution >= 4 is 23.9 Å². The van der Waals surface area contributed by atoms with E-state index >= 15 is 0 Å². The molecule has 202 valence electrons. The van der Waals surface area contributed by atoms with E-state index in [1.165, 1.54) is 19.3 Å². The van der Waals surface area contributed by atoms with Crippen LogP contribution in [0, 0.1) is 34.0 Å². The normalized spacial score (nSPS) is 29.8. The molecule has 0 radical (unpaired) electrons. The number of ketones is 1. The molecule has 0 bridgehead atoms. The molecule has 0 N–H and O–H groups in total. The van der Waals surface area contributed by atoms with Gasteiger partial charge in [0.2, 0.25) is 9.04 Å². The minimum Gasteiger partial charge on any atom is -0.550 e. The number of carbonyl (C=O) groups excluding carboxylic acids is 1. The first kappa shape index (κ1) is 30.6. The van der Waals surface area contributed by atoms with E-state index in [-0.39, 0.29) is 33.9 Å². The van der Waals surface area contributed by atoms with E-state index in [4.69, 9.17) is 8.85 Å². The maximum absolute atomic E-state index is 13.7. The summed E-state index contributed by atoms with van der Waals surface area (Å²) in [6.45, 7) is 31.9. The molecule has 1 unspecified atom stereocenters. The molecule has 0 aromatic heterocycles. The summed E-state index contributed by atoms with van der Waals surface area (Å²) in [5, 5.41) is 0. The summed E-state index contributed by atoms with van der Waals surface area (Å²) in [5.41, 5.74) is 0.220. The summed E-state index contributed by atoms with van der Waals surface area (Å²) in [4.78, 5) is 13.7. The summed E-state index contributed by atoms with van der Waals surface area (Å²) in [6.07, 6.45) is 8.91. The van der Waals surface area contributed by atoms with Crippen LogP contribution in [0.1, 0.15) is 93.9 Å². The third-order valence-electron chi connectivity index (χ3n) is 8.89. The van der Waals surface area contributed by atoms with Gasteiger partial charge in [-0.1, -0.05) is 81.2 Å². The van der Waals surface area contributed by atoms with Crippen LogP contribution in [0.4, 0.5) is 0 Å². The van der Waals surface area contributed by atoms with Gasteiger partial charge in [-0.2, -0.15) is 0 Å². The van der Waals surface area contributed by atoms with Crippen molar-refractivity contribution in [3.05, 3.63) is 24.0 Å². The Morgan fingerprint density at radius 3 is 2.11 bits per heavy atom. The Morgan fingerprint density at radius 2 is 1.66 bits per heavy atom. The first-order valence-corrected chi connectivity index (χ1v) is 19.8. The van der Waals surface area contributed by atoms with Crippen molar-refractivity contribution in [3.63, 3.8) is 0 Å². The fourth-order valence-corrected chi connectivity index (χ4v) is 8.43. The highest BCUT2D eigenvalue weighted by atomic mass is 28.3. The fraction of sp³-hybridized carbons (Fsp3) is 0.833. The van der Waals surface area contributed by atoms with E-state index in [0.29, 0.717) is 5.92 Å². The molecule has 2 rings (SSSR count). The number of fused-ring (bicyclic) bond motifs is 1. The number of hydrogen-bond donors (Lipinski definition) is 0. The van der Waals surface area contributed by atoms with Crippen LogP contribution in [-0.2, 0) is 13.6 Å². The van der Waals surface area contributed by atoms with E-state index in [1.54, 1.807) is 0 Å². The molecule has 0 aromatic rings. The van der Waals surface area contributed by atoms with Crippen molar-refractivity contribution in [2.45, 2.75) is 126 Å². The van der Waals surface area contributed by atoms with E-state index < -0.39 is 23.7 Å². The van der Waals surface area contributed by atoms with Crippen LogP contribution in [0.3, 0.4) is 0 Å². The molecular weight excluding hydrogens is 464 g/mol. The van der Waals surface area contributed by atoms with Gasteiger partial charge in [0.05, 0.1) is 5.76 Å². The summed E-state index contributed by atoms with van der Waals surface area (Å²) in [7, 11) is -2.82. The average Bonchev–Trinajstić information content (AvgIpc) is 3.11. The molecule has 5 atom stereocenters. The molecule has 3 nitrogen and oxygen atoms in total. The van der Waals surface area contributed by atoms with Crippen LogP contribution in [0.2, 0.25) is 26.2 Å². The molecule has 0 spiro atoms. The van der Waals surface area contributed by atoms with Crippen LogP contribution >= 0.6 is 0 Å². The predicted molar refractivity (Wildman–Crippen MR) is 156 cm³/mol. The second-order valence-electron chi connectivity index (χ2n) is 14.3. The van der Waals surface area contributed by atoms with Gasteiger partial charge in [0.1, 0.15) is 5.60 Å². The second kappa shape index (κ2) is 11.0. The minimum atomic E-state index is -1.44. The Balaban J connectivity index is 2.72. The molecule has 0 amide bonds. The quantitative estimate of drug-likeness (QED) is 0.126. The van der Waals surface area contributed by atoms with Gasteiger partial charge >= 0.3 is 0 Å². The molecule has 0 heterocycles. The van der Waals surface area contributed by atoms with Gasteiger partial charge < -0.3 is 8.85 Å². The number of unbranched alkanes of at least 4 members (excludes halogenated alkanes) is 2. The lowest BCUT2D eigenvalue weighted by Crippen LogP contribution is -2.44. The van der Waals surface area contributed by atoms with Crippen LogP contribution in [-0.4, -0.2) is 29.5 Å². The van der Waals surface area contributed by atoms with Crippen molar-refractivity contribution in [2.24, 2.45) is 34.0 Å². The van der Waals surface area contributed by atoms with Crippen molar-refractivity contribution in [1.29, 1.82) is 0 Å². The zero-order chi connectivity index (χ0) is 27.0. The molecule has 5 heteroatoms. The molecule has 2 aliphatic rings. The van der Waals surface area contributed by atoms with E-state index in [0.717, 1.165) is 30.6 Å². The molecule has 0 aromatic carbocycles. The summed E-state index contributed by atoms with van der Waals surface area (Å²) >= 11 is 0. The summed E-state index contributed by atoms with van der Waals surface area (Å²) < 4.78 is 13.7. The molecule has 2 saturated carbocycles. The van der Waals surface area contributed by atoms with Gasteiger partial charge in [-0.15, -0.1) is 0 Å². The molecule has 2 fully saturated rings. The van der Waals surface area contributed by atoms with Gasteiger partial charge in [-0.25, -0.2) is 0 Å². The van der Waals surface area contributed by atoms with Crippen LogP contribution in [0.15, 0.2) is 24.0 Å². The summed E-state index contributed by atoms with van der Waals surface area (Å²) in [6, 6.07) is 0. The van der Waals surface area contributed by atoms with Gasteiger partial charge in [0.15, 0.2) is 14.8 Å². The second-order valence-corrected chi connectivity index (χ2v) is 19.0. The number of rotatable bonds is 10. The van der Waals surface area contributed by atoms with Gasteiger partial charge in [0, 0.05) is 11.8 Å². The third-order valence-corrected chi connectivity index (χ3v) is 10.5. The minimum absolute atomic E-state index is 0.0156. The molecular formula is C30H56O3Si2. The molecule has 0 aliphatic heterocycles. The van der Waals surface area contributed by atoms with Crippen LogP contribution in [0.25, 0.3) is 0 Å². The topological polar surface area (TPSA) is 35.5 Å². The largest absolute Gasteiger partial charge is 0.550 e. The average molecular weight is 521 g/mol. The highest BCUT2D eigenvalue weighted by Gasteiger charge is 2.65. The summed E-state index contributed by atoms with van der Waals surface area (Å²) in [5.74, 6) is 1.97. The standard InChI is InChI=1S/C30H56O3Si2/c1-14-15-16-17-29(9,28(6,7)8)20-24(32-34(10)11)25-22-18-21(2)26(31)30(22,33-35(12)13)19-23(25)27(3,4)5/h20,22-23,25,34-35H,2,14-19H2,1,3-13H3/t22-,23+,25+,29?,30-/m0/s1. The van der Waals surface area contributed by atoms with Crippen LogP contribution in [0.5, 0.6) is 0 Å². The Hall–Kier alpha value is -0.656. The maximum atomic E-state index is 13.7. The van der Waals surface area contributed by atoms with Crippen molar-refractivity contribution in [2.75, 3.05) is 0 Å². The first-order valence-electron chi connectivity index (χ1n) is 14.2. The van der Waals surface area contributed by atoms with Gasteiger partial charge in [-0.3, -0.25) is 4.79 Å². The van der Waals surface area contributed by atoms with Crippen molar-refractivity contribution < 1.29 is 13.6 Å². The SMILES string of the molecule is C=C1C[C@H]2[C@@H](C(=CC(C)(CCCCC)C(C)(C)C)O[SiH](C)C)[C@H](C(C)(C)C)C[C@@]2(O[SiH](C)C)C1=O. The van der Waals surface area contributed by atoms with Crippen molar-refractivity contribution in [3.8, 4) is 0 Å². The Bertz CT molecular complexity index is 801. The number of allylic oxidation sites excluding steroid dienone is 2. The lowest BCUT2D eigenvalue weighted by Gasteiger charge is -2.43. The molecule has 35 heavy (non-hydrogen) atoms. The Morgan fingerprint density at radius 1 is 1.06 bits per heavy atom. The van der Waals surface area contributed by atoms with E-state index in [2.05, 4.69) is 94.2 Å². The number of carbonyl (C=O) groups is 1. The lowest BCUT2D eigenvalue weighted by molar-refractivity contribution is -0.130. The smallest absolute Gasteiger partial charge is 0.229 e. The Kier molecular flexibility index (Phi) is 9.60. The Labute approximate surface area is 221 Å². The van der Waals surface area contributed by atoms with Crippen molar-refractivity contribution in [1.82, 2.24) is 0 Å². The predicted octanol–water partition coefficient (Wildman–Crippen LogP) is 8.07. The number of Topliss-reactive ketones (excluding diaryl/α,β-unsaturated/α-hetero) is 1. The van der Waals surface area contributed by atoms with Gasteiger partial charge in [-0.05, 0) is 79.3 Å². The molecule has 0 saturated heterocycles. The fourth-order valence-electron chi connectivity index (χ4n) is 6.44. The highest BCUT2D eigenvalue weighted by molar-refractivity contribution is 6.49. The lowest BCUT2D eigenvalue weighted by atomic mass is 9.63. The zero-order valence-corrected chi connectivity index (χ0v) is 27.4. The van der Waals surface area contributed by atoms with E-state index in [1.807, 2.05) is 0 Å². The maximum Gasteiger partial charge on any atom is 0.229 e. The monoisotopic (exact) mass is 520 g/mol. The van der Waals surface area contributed by atoms with E-state index in [9.17, 15) is 4.79 Å². The first-order chi connectivity index (χ1) is 15.9. The van der Waals surface area contributed by atoms with Crippen LogP contribution < -0.4 is 0 Å². The third kappa shape index (κ3) is 6.44. The van der Waals surface area contributed by atoms with Gasteiger partial charge in [0.25, 0.3) is 0 Å². The highest BCUT2D eigenvalue weighted by Crippen LogP contribution is 2.62. The number of hydrogen-bond acceptors (Lipinski definition) is 3. The molecule has 2 aliphatic carbocycles. The zero-order valence-electron chi connectivity index (χ0n) is 25.1.